The molecule has 1 N–H and O–H groups in total. The number of hydrogen-bond acceptors (Lipinski definition) is 3. The molecule has 0 spiro atoms. The molecule has 2 rings (SSSR count). The van der Waals surface area contributed by atoms with E-state index in [2.05, 4.69) is 18.8 Å². The van der Waals surface area contributed by atoms with Gasteiger partial charge in [0.1, 0.15) is 4.88 Å². The predicted octanol–water partition coefficient (Wildman–Crippen LogP) is 4.89. The molecule has 1 aromatic heterocycles. The molecule has 1 aliphatic rings. The van der Waals surface area contributed by atoms with Crippen LogP contribution in [0.3, 0.4) is 0 Å². The van der Waals surface area contributed by atoms with E-state index in [1.807, 2.05) is 13.8 Å². The molecule has 1 aliphatic carbocycles. The number of thiazole rings is 1. The summed E-state index contributed by atoms with van der Waals surface area (Å²) in [5, 5.41) is 10.4. The molecule has 20 heavy (non-hydrogen) atoms. The van der Waals surface area contributed by atoms with Gasteiger partial charge < -0.3 is 5.11 Å². The van der Waals surface area contributed by atoms with E-state index in [0.717, 1.165) is 35.4 Å². The molecule has 3 nitrogen and oxygen atoms in total. The first-order chi connectivity index (χ1) is 9.40. The van der Waals surface area contributed by atoms with E-state index in [1.165, 1.54) is 24.2 Å². The summed E-state index contributed by atoms with van der Waals surface area (Å²) < 4.78 is 0. The quantitative estimate of drug-likeness (QED) is 0.860. The maximum atomic E-state index is 11.3. The van der Waals surface area contributed by atoms with Crippen LogP contribution < -0.4 is 0 Å². The monoisotopic (exact) mass is 295 g/mol. The van der Waals surface area contributed by atoms with Gasteiger partial charge in [0.05, 0.1) is 10.7 Å². The lowest BCUT2D eigenvalue weighted by Crippen LogP contribution is -2.17. The van der Waals surface area contributed by atoms with E-state index in [0.29, 0.717) is 10.8 Å². The lowest BCUT2D eigenvalue weighted by Gasteiger charge is -2.29. The van der Waals surface area contributed by atoms with E-state index in [9.17, 15) is 9.90 Å². The first-order valence-corrected chi connectivity index (χ1v) is 8.45. The minimum atomic E-state index is -0.826. The second-order valence-electron chi connectivity index (χ2n) is 6.58. The van der Waals surface area contributed by atoms with Crippen LogP contribution in [0.25, 0.3) is 0 Å². The van der Waals surface area contributed by atoms with Crippen molar-refractivity contribution in [3.8, 4) is 0 Å². The fraction of sp³-hybridized carbons (Fsp3) is 0.750. The van der Waals surface area contributed by atoms with Gasteiger partial charge in [-0.25, -0.2) is 9.78 Å². The van der Waals surface area contributed by atoms with Crippen molar-refractivity contribution in [2.75, 3.05) is 0 Å². The third-order valence-electron chi connectivity index (χ3n) is 4.47. The summed E-state index contributed by atoms with van der Waals surface area (Å²) in [4.78, 5) is 16.4. The Morgan fingerprint density at radius 1 is 1.20 bits per heavy atom. The summed E-state index contributed by atoms with van der Waals surface area (Å²) >= 11 is 1.40. The maximum absolute atomic E-state index is 11.3. The van der Waals surface area contributed by atoms with Gasteiger partial charge in [-0.3, -0.25) is 0 Å². The Hall–Kier alpha value is -0.900. The van der Waals surface area contributed by atoms with Crippen molar-refractivity contribution < 1.29 is 9.90 Å². The van der Waals surface area contributed by atoms with Crippen LogP contribution in [0.5, 0.6) is 0 Å². The highest BCUT2D eigenvalue weighted by molar-refractivity contribution is 7.13. The van der Waals surface area contributed by atoms with Crippen molar-refractivity contribution in [1.29, 1.82) is 0 Å². The van der Waals surface area contributed by atoms with Gasteiger partial charge in [0.25, 0.3) is 0 Å². The molecule has 1 heterocycles. The zero-order chi connectivity index (χ0) is 14.9. The van der Waals surface area contributed by atoms with Gasteiger partial charge in [-0.05, 0) is 43.4 Å². The highest BCUT2D eigenvalue weighted by Crippen LogP contribution is 2.41. The number of carboxylic acids is 1. The van der Waals surface area contributed by atoms with Crippen LogP contribution in [0.4, 0.5) is 0 Å². The SMILES string of the molecule is CC(C)c1nc(C2CCC(C(C)C)CC2)sc1C(=O)O. The molecule has 0 saturated heterocycles. The molecule has 112 valence electrons. The summed E-state index contributed by atoms with van der Waals surface area (Å²) in [6.45, 7) is 8.63. The smallest absolute Gasteiger partial charge is 0.347 e. The first kappa shape index (κ1) is 15.5. The number of carboxylic acid groups (broad SMARTS) is 1. The molecule has 0 amide bonds. The summed E-state index contributed by atoms with van der Waals surface area (Å²) in [6, 6.07) is 0. The molecule has 1 saturated carbocycles. The number of carbonyl (C=O) groups is 1. The van der Waals surface area contributed by atoms with Crippen molar-refractivity contribution in [3.63, 3.8) is 0 Å². The predicted molar refractivity (Wildman–Crippen MR) is 82.7 cm³/mol. The van der Waals surface area contributed by atoms with Crippen LogP contribution in [0.2, 0.25) is 0 Å². The zero-order valence-corrected chi connectivity index (χ0v) is 13.7. The topological polar surface area (TPSA) is 50.2 Å². The molecule has 0 bridgehead atoms. The van der Waals surface area contributed by atoms with Gasteiger partial charge in [0.2, 0.25) is 0 Å². The minimum Gasteiger partial charge on any atom is -0.477 e. The Labute approximate surface area is 125 Å². The van der Waals surface area contributed by atoms with E-state index < -0.39 is 5.97 Å². The number of nitrogens with zero attached hydrogens (tertiary/aromatic N) is 1. The van der Waals surface area contributed by atoms with Crippen molar-refractivity contribution in [2.45, 2.75) is 65.2 Å². The molecular formula is C16H25NO2S. The molecule has 0 radical (unpaired) electrons. The Kier molecular flexibility index (Phi) is 4.84. The third-order valence-corrected chi connectivity index (χ3v) is 5.70. The highest BCUT2D eigenvalue weighted by atomic mass is 32.1. The van der Waals surface area contributed by atoms with Gasteiger partial charge in [0.15, 0.2) is 0 Å². The molecule has 0 unspecified atom stereocenters. The molecule has 0 atom stereocenters. The molecule has 0 aromatic carbocycles. The molecular weight excluding hydrogens is 270 g/mol. The second-order valence-corrected chi connectivity index (χ2v) is 7.61. The first-order valence-electron chi connectivity index (χ1n) is 7.64. The van der Waals surface area contributed by atoms with Gasteiger partial charge in [0, 0.05) is 5.92 Å². The second kappa shape index (κ2) is 6.25. The van der Waals surface area contributed by atoms with Gasteiger partial charge in [-0.1, -0.05) is 27.7 Å². The fourth-order valence-corrected chi connectivity index (χ4v) is 4.33. The fourth-order valence-electron chi connectivity index (χ4n) is 3.10. The maximum Gasteiger partial charge on any atom is 0.347 e. The number of hydrogen-bond donors (Lipinski definition) is 1. The molecule has 1 aromatic rings. The van der Waals surface area contributed by atoms with Crippen LogP contribution in [0, 0.1) is 11.8 Å². The van der Waals surface area contributed by atoms with Crippen LogP contribution in [0.1, 0.15) is 85.6 Å². The minimum absolute atomic E-state index is 0.179. The summed E-state index contributed by atoms with van der Waals surface area (Å²) in [7, 11) is 0. The van der Waals surface area contributed by atoms with Crippen LogP contribution in [-0.2, 0) is 0 Å². The van der Waals surface area contributed by atoms with Gasteiger partial charge >= 0.3 is 5.97 Å². The molecule has 4 heteroatoms. The van der Waals surface area contributed by atoms with Crippen LogP contribution >= 0.6 is 11.3 Å². The van der Waals surface area contributed by atoms with Crippen molar-refractivity contribution in [1.82, 2.24) is 4.98 Å². The number of aromatic carboxylic acids is 1. The average Bonchev–Trinajstić information content (AvgIpc) is 2.84. The Balaban J connectivity index is 2.14. The van der Waals surface area contributed by atoms with Crippen LogP contribution in [0.15, 0.2) is 0 Å². The zero-order valence-electron chi connectivity index (χ0n) is 12.8. The normalized spacial score (nSPS) is 23.5. The van der Waals surface area contributed by atoms with Gasteiger partial charge in [-0.15, -0.1) is 11.3 Å². The van der Waals surface area contributed by atoms with Crippen molar-refractivity contribution in [2.24, 2.45) is 11.8 Å². The van der Waals surface area contributed by atoms with E-state index in [1.54, 1.807) is 0 Å². The van der Waals surface area contributed by atoms with E-state index in [4.69, 9.17) is 0 Å². The number of rotatable bonds is 4. The van der Waals surface area contributed by atoms with Crippen molar-refractivity contribution in [3.05, 3.63) is 15.6 Å². The Bertz CT molecular complexity index is 471. The summed E-state index contributed by atoms with van der Waals surface area (Å²) in [6.07, 6.45) is 4.82. The van der Waals surface area contributed by atoms with Crippen LogP contribution in [-0.4, -0.2) is 16.1 Å². The van der Waals surface area contributed by atoms with Gasteiger partial charge in [-0.2, -0.15) is 0 Å². The lowest BCUT2D eigenvalue weighted by atomic mass is 9.77. The molecule has 1 fully saturated rings. The highest BCUT2D eigenvalue weighted by Gasteiger charge is 2.28. The Morgan fingerprint density at radius 2 is 1.80 bits per heavy atom. The summed E-state index contributed by atoms with van der Waals surface area (Å²) in [5.74, 6) is 1.41. The average molecular weight is 295 g/mol. The Morgan fingerprint density at radius 3 is 2.20 bits per heavy atom. The third kappa shape index (κ3) is 3.22. The van der Waals surface area contributed by atoms with Crippen molar-refractivity contribution >= 4 is 17.3 Å². The standard InChI is InChI=1S/C16H25NO2S/c1-9(2)11-5-7-12(8-6-11)15-17-13(10(3)4)14(20-15)16(18)19/h9-12H,5-8H2,1-4H3,(H,18,19). The molecule has 0 aliphatic heterocycles. The largest absolute Gasteiger partial charge is 0.477 e. The summed E-state index contributed by atoms with van der Waals surface area (Å²) in [5.41, 5.74) is 0.767. The van der Waals surface area contributed by atoms with E-state index in [-0.39, 0.29) is 5.92 Å². The van der Waals surface area contributed by atoms with E-state index >= 15 is 0 Å². The lowest BCUT2D eigenvalue weighted by molar-refractivity contribution is 0.0700. The number of aromatic nitrogens is 1.